The van der Waals surface area contributed by atoms with Crippen molar-refractivity contribution < 1.29 is 13.2 Å². The molecule has 8 aromatic carbocycles. The zero-order valence-electron chi connectivity index (χ0n) is 33.4. The number of hydrogen-bond donors (Lipinski definition) is 0. The van der Waals surface area contributed by atoms with Gasteiger partial charge in [-0.05, 0) is 89.8 Å². The SMILES string of the molecule is Cc1cccc(-c2cc(-c3nc(-c4ccccc4)cc(-c4ccccc4)n3)cc(-c3cccc(C(F)(F)F)c3)c2-n2c3ccccc3c3cc(-c4cccc(C#N)c4)ccc32)c1. The summed E-state index contributed by atoms with van der Waals surface area (Å²) in [5.41, 5.74) is 11.7. The van der Waals surface area contributed by atoms with E-state index >= 15 is 0 Å². The average Bonchev–Trinajstić information content (AvgIpc) is 3.64. The van der Waals surface area contributed by atoms with Crippen LogP contribution in [-0.4, -0.2) is 14.5 Å². The Morgan fingerprint density at radius 3 is 1.69 bits per heavy atom. The van der Waals surface area contributed by atoms with Gasteiger partial charge in [0, 0.05) is 38.6 Å². The van der Waals surface area contributed by atoms with E-state index in [2.05, 4.69) is 41.0 Å². The second-order valence-corrected chi connectivity index (χ2v) is 15.3. The first-order valence-corrected chi connectivity index (χ1v) is 20.2. The highest BCUT2D eigenvalue weighted by atomic mass is 19.4. The molecule has 0 aliphatic heterocycles. The molecular formula is C55H35F3N4. The number of alkyl halides is 3. The molecule has 0 aliphatic carbocycles. The molecule has 0 spiro atoms. The van der Waals surface area contributed by atoms with Crippen molar-refractivity contribution in [1.82, 2.24) is 14.5 Å². The van der Waals surface area contributed by atoms with Gasteiger partial charge in [0.05, 0.1) is 45.3 Å². The zero-order chi connectivity index (χ0) is 42.4. The molecule has 4 nitrogen and oxygen atoms in total. The molecule has 0 unspecified atom stereocenters. The van der Waals surface area contributed by atoms with Crippen LogP contribution < -0.4 is 0 Å². The third-order valence-electron chi connectivity index (χ3n) is 11.3. The van der Waals surface area contributed by atoms with Crippen LogP contribution in [0.5, 0.6) is 0 Å². The Morgan fingerprint density at radius 2 is 1.03 bits per heavy atom. The summed E-state index contributed by atoms with van der Waals surface area (Å²) in [6.45, 7) is 2.03. The molecule has 0 amide bonds. The van der Waals surface area contributed by atoms with E-state index in [1.54, 1.807) is 12.1 Å². The predicted octanol–water partition coefficient (Wildman–Crippen LogP) is 14.8. The lowest BCUT2D eigenvalue weighted by atomic mass is 9.91. The van der Waals surface area contributed by atoms with Crippen molar-refractivity contribution in [2.24, 2.45) is 0 Å². The molecule has 0 saturated carbocycles. The first kappa shape index (κ1) is 38.1. The molecule has 7 heteroatoms. The van der Waals surface area contributed by atoms with Gasteiger partial charge in [0.2, 0.25) is 0 Å². The molecule has 2 heterocycles. The Balaban J connectivity index is 1.32. The van der Waals surface area contributed by atoms with E-state index in [-0.39, 0.29) is 0 Å². The summed E-state index contributed by atoms with van der Waals surface area (Å²) in [6, 6.07) is 63.6. The molecule has 10 rings (SSSR count). The Bertz CT molecular complexity index is 3300. The summed E-state index contributed by atoms with van der Waals surface area (Å²) in [4.78, 5) is 10.3. The van der Waals surface area contributed by atoms with E-state index in [4.69, 9.17) is 9.97 Å². The summed E-state index contributed by atoms with van der Waals surface area (Å²) in [6.07, 6.45) is -4.57. The Labute approximate surface area is 356 Å². The molecule has 62 heavy (non-hydrogen) atoms. The standard InChI is InChI=1S/C55H35F3N4/c1-35-13-10-20-41(27-35)46-31-43(54-60-49(37-15-4-2-5-16-37)33-50(61-54)38-17-6-3-7-18-38)32-47(42-21-12-22-44(29-42)55(56,57)58)53(46)62-51-24-9-8-23-45(51)48-30-40(25-26-52(48)62)39-19-11-14-36(28-39)34-59/h2-33H,1H3. The molecule has 0 N–H and O–H groups in total. The van der Waals surface area contributed by atoms with Crippen LogP contribution in [0.4, 0.5) is 13.2 Å². The molecule has 0 bridgehead atoms. The van der Waals surface area contributed by atoms with E-state index < -0.39 is 11.7 Å². The van der Waals surface area contributed by atoms with Crippen molar-refractivity contribution in [3.05, 3.63) is 211 Å². The third kappa shape index (κ3) is 7.08. The molecule has 0 saturated heterocycles. The number of hydrogen-bond acceptors (Lipinski definition) is 3. The second-order valence-electron chi connectivity index (χ2n) is 15.3. The number of para-hydroxylation sites is 1. The summed E-state index contributed by atoms with van der Waals surface area (Å²) in [7, 11) is 0. The molecule has 0 aliphatic rings. The van der Waals surface area contributed by atoms with Crippen LogP contribution in [0.2, 0.25) is 0 Å². The Morgan fingerprint density at radius 1 is 0.468 bits per heavy atom. The van der Waals surface area contributed by atoms with Gasteiger partial charge >= 0.3 is 6.18 Å². The van der Waals surface area contributed by atoms with Crippen LogP contribution in [0.25, 0.3) is 94.8 Å². The summed E-state index contributed by atoms with van der Waals surface area (Å²) >= 11 is 0. The van der Waals surface area contributed by atoms with E-state index in [9.17, 15) is 18.4 Å². The van der Waals surface area contributed by atoms with Gasteiger partial charge in [-0.1, -0.05) is 139 Å². The number of aromatic nitrogens is 3. The summed E-state index contributed by atoms with van der Waals surface area (Å²) < 4.78 is 46.0. The second kappa shape index (κ2) is 15.5. The first-order valence-electron chi connectivity index (χ1n) is 20.2. The monoisotopic (exact) mass is 808 g/mol. The van der Waals surface area contributed by atoms with Crippen molar-refractivity contribution in [2.45, 2.75) is 13.1 Å². The maximum Gasteiger partial charge on any atom is 0.416 e. The maximum atomic E-state index is 14.6. The number of nitrogens with zero attached hydrogens (tertiary/aromatic N) is 4. The van der Waals surface area contributed by atoms with Crippen molar-refractivity contribution >= 4 is 21.8 Å². The smallest absolute Gasteiger partial charge is 0.308 e. The largest absolute Gasteiger partial charge is 0.416 e. The highest BCUT2D eigenvalue weighted by Crippen LogP contribution is 2.45. The summed E-state index contributed by atoms with van der Waals surface area (Å²) in [5, 5.41) is 11.6. The quantitative estimate of drug-likeness (QED) is 0.161. The van der Waals surface area contributed by atoms with Gasteiger partial charge in [0.1, 0.15) is 0 Å². The fourth-order valence-electron chi connectivity index (χ4n) is 8.37. The van der Waals surface area contributed by atoms with Crippen LogP contribution in [0.3, 0.4) is 0 Å². The van der Waals surface area contributed by atoms with Crippen LogP contribution in [0, 0.1) is 18.3 Å². The molecule has 0 fully saturated rings. The van der Waals surface area contributed by atoms with E-state index in [1.165, 1.54) is 12.1 Å². The van der Waals surface area contributed by atoms with Gasteiger partial charge in [-0.3, -0.25) is 0 Å². The number of benzene rings is 8. The minimum atomic E-state index is -4.57. The maximum absolute atomic E-state index is 14.6. The molecule has 0 atom stereocenters. The normalized spacial score (nSPS) is 11.5. The van der Waals surface area contributed by atoms with Gasteiger partial charge in [-0.2, -0.15) is 18.4 Å². The summed E-state index contributed by atoms with van der Waals surface area (Å²) in [5.74, 6) is 0.436. The lowest BCUT2D eigenvalue weighted by Gasteiger charge is -2.22. The highest BCUT2D eigenvalue weighted by Gasteiger charge is 2.31. The number of aryl methyl sites for hydroxylation is 1. The predicted molar refractivity (Wildman–Crippen MR) is 243 cm³/mol. The van der Waals surface area contributed by atoms with E-state index in [0.717, 1.165) is 78.2 Å². The number of halogens is 3. The Kier molecular flexibility index (Phi) is 9.54. The van der Waals surface area contributed by atoms with Crippen LogP contribution in [-0.2, 0) is 6.18 Å². The van der Waals surface area contributed by atoms with Crippen molar-refractivity contribution in [3.63, 3.8) is 0 Å². The number of rotatable bonds is 7. The number of fused-ring (bicyclic) bond motifs is 3. The van der Waals surface area contributed by atoms with Crippen LogP contribution in [0.15, 0.2) is 194 Å². The van der Waals surface area contributed by atoms with Gasteiger partial charge in [-0.25, -0.2) is 9.97 Å². The minimum Gasteiger partial charge on any atom is -0.308 e. The highest BCUT2D eigenvalue weighted by molar-refractivity contribution is 6.12. The fraction of sp³-hybridized carbons (Fsp3) is 0.0364. The lowest BCUT2D eigenvalue weighted by molar-refractivity contribution is -0.137. The lowest BCUT2D eigenvalue weighted by Crippen LogP contribution is -2.06. The Hall–Kier alpha value is -8.08. The van der Waals surface area contributed by atoms with Gasteiger partial charge in [-0.15, -0.1) is 0 Å². The first-order chi connectivity index (χ1) is 30.2. The molecule has 0 radical (unpaired) electrons. The number of nitriles is 1. The van der Waals surface area contributed by atoms with Crippen LogP contribution in [0.1, 0.15) is 16.7 Å². The van der Waals surface area contributed by atoms with E-state index in [0.29, 0.717) is 33.8 Å². The average molecular weight is 809 g/mol. The van der Waals surface area contributed by atoms with Gasteiger partial charge in [0.25, 0.3) is 0 Å². The minimum absolute atomic E-state index is 0.393. The van der Waals surface area contributed by atoms with Gasteiger partial charge < -0.3 is 4.57 Å². The van der Waals surface area contributed by atoms with Crippen molar-refractivity contribution in [1.29, 1.82) is 5.26 Å². The topological polar surface area (TPSA) is 54.5 Å². The van der Waals surface area contributed by atoms with Crippen LogP contribution >= 0.6 is 0 Å². The molecule has 2 aromatic heterocycles. The van der Waals surface area contributed by atoms with E-state index in [1.807, 2.05) is 140 Å². The van der Waals surface area contributed by atoms with Crippen molar-refractivity contribution in [3.8, 4) is 79.0 Å². The zero-order valence-corrected chi connectivity index (χ0v) is 33.4. The molecule has 296 valence electrons. The fourth-order valence-corrected chi connectivity index (χ4v) is 8.37. The third-order valence-corrected chi connectivity index (χ3v) is 11.3. The molecular weight excluding hydrogens is 774 g/mol. The molecule has 10 aromatic rings. The van der Waals surface area contributed by atoms with Gasteiger partial charge in [0.15, 0.2) is 5.82 Å². The van der Waals surface area contributed by atoms with Crippen molar-refractivity contribution in [2.75, 3.05) is 0 Å².